The maximum absolute atomic E-state index is 12.7. The van der Waals surface area contributed by atoms with Gasteiger partial charge in [-0.3, -0.25) is 4.79 Å². The summed E-state index contributed by atoms with van der Waals surface area (Å²) >= 11 is 0. The van der Waals surface area contributed by atoms with Crippen LogP contribution in [0.3, 0.4) is 0 Å². The predicted octanol–water partition coefficient (Wildman–Crippen LogP) is 2.62. The number of carbonyl (C=O) groups is 1. The number of amides is 1. The molecular formula is C19H19F3N2O4S. The molecule has 0 bridgehead atoms. The first-order chi connectivity index (χ1) is 13.7. The Hall–Kier alpha value is -2.59. The van der Waals surface area contributed by atoms with Crippen LogP contribution in [-0.2, 0) is 21.0 Å². The van der Waals surface area contributed by atoms with E-state index in [4.69, 9.17) is 4.74 Å². The van der Waals surface area contributed by atoms with Crippen LogP contribution in [0.2, 0.25) is 0 Å². The Bertz CT molecular complexity index is 940. The fourth-order valence-electron chi connectivity index (χ4n) is 2.90. The molecule has 0 saturated carbocycles. The molecule has 0 radical (unpaired) electrons. The number of sulfonamides is 1. The first kappa shape index (κ1) is 21.1. The summed E-state index contributed by atoms with van der Waals surface area (Å²) in [6.07, 6.45) is -4.53. The number of benzene rings is 2. The molecule has 0 aromatic heterocycles. The number of ether oxygens (including phenoxy) is 1. The van der Waals surface area contributed by atoms with E-state index in [2.05, 4.69) is 0 Å². The first-order valence-electron chi connectivity index (χ1n) is 8.81. The van der Waals surface area contributed by atoms with E-state index in [-0.39, 0.29) is 43.6 Å². The third-order valence-corrected chi connectivity index (χ3v) is 6.43. The van der Waals surface area contributed by atoms with E-state index >= 15 is 0 Å². The van der Waals surface area contributed by atoms with Crippen LogP contribution in [0, 0.1) is 0 Å². The van der Waals surface area contributed by atoms with Gasteiger partial charge in [0.1, 0.15) is 5.75 Å². The highest BCUT2D eigenvalue weighted by Gasteiger charge is 2.33. The lowest BCUT2D eigenvalue weighted by atomic mass is 10.2. The van der Waals surface area contributed by atoms with Gasteiger partial charge >= 0.3 is 6.18 Å². The Kier molecular flexibility index (Phi) is 6.13. The van der Waals surface area contributed by atoms with E-state index < -0.39 is 21.8 Å². The van der Waals surface area contributed by atoms with Crippen LogP contribution in [-0.4, -0.2) is 56.3 Å². The van der Waals surface area contributed by atoms with Gasteiger partial charge in [0.2, 0.25) is 10.0 Å². The lowest BCUT2D eigenvalue weighted by Gasteiger charge is -2.34. The summed E-state index contributed by atoms with van der Waals surface area (Å²) in [7, 11) is -3.93. The van der Waals surface area contributed by atoms with E-state index in [1.54, 1.807) is 24.3 Å². The number of hydrogen-bond acceptors (Lipinski definition) is 4. The second-order valence-electron chi connectivity index (χ2n) is 6.41. The van der Waals surface area contributed by atoms with Crippen LogP contribution in [0.25, 0.3) is 0 Å². The minimum atomic E-state index is -4.53. The van der Waals surface area contributed by atoms with Crippen LogP contribution in [0.15, 0.2) is 59.5 Å². The van der Waals surface area contributed by atoms with Crippen molar-refractivity contribution >= 4 is 15.9 Å². The minimum Gasteiger partial charge on any atom is -0.484 e. The number of rotatable bonds is 5. The number of piperazine rings is 1. The summed E-state index contributed by atoms with van der Waals surface area (Å²) in [4.78, 5) is 13.5. The highest BCUT2D eigenvalue weighted by Crippen LogP contribution is 2.30. The van der Waals surface area contributed by atoms with E-state index in [0.29, 0.717) is 5.75 Å². The summed E-state index contributed by atoms with van der Waals surface area (Å²) in [5, 5.41) is 0. The molecule has 10 heteroatoms. The molecule has 3 rings (SSSR count). The zero-order valence-corrected chi connectivity index (χ0v) is 16.1. The van der Waals surface area contributed by atoms with Gasteiger partial charge in [-0.15, -0.1) is 0 Å². The zero-order valence-electron chi connectivity index (χ0n) is 15.3. The van der Waals surface area contributed by atoms with Crippen LogP contribution < -0.4 is 4.74 Å². The number of carbonyl (C=O) groups excluding carboxylic acids is 1. The highest BCUT2D eigenvalue weighted by molar-refractivity contribution is 7.89. The monoisotopic (exact) mass is 428 g/mol. The largest absolute Gasteiger partial charge is 0.484 e. The summed E-state index contributed by atoms with van der Waals surface area (Å²) in [6.45, 7) is 0.310. The molecule has 1 aliphatic rings. The molecule has 1 amide bonds. The van der Waals surface area contributed by atoms with Crippen LogP contribution >= 0.6 is 0 Å². The van der Waals surface area contributed by atoms with Gasteiger partial charge in [0.05, 0.1) is 10.5 Å². The summed E-state index contributed by atoms with van der Waals surface area (Å²) < 4.78 is 69.8. The maximum Gasteiger partial charge on any atom is 0.416 e. The molecule has 0 aliphatic carbocycles. The summed E-state index contributed by atoms with van der Waals surface area (Å²) in [6, 6.07) is 12.2. The Labute approximate surface area is 166 Å². The van der Waals surface area contributed by atoms with Gasteiger partial charge in [-0.05, 0) is 36.4 Å². The Morgan fingerprint density at radius 1 is 0.931 bits per heavy atom. The standard InChI is InChI=1S/C19H19F3N2O4S/c20-19(21,22)15-6-8-17(9-7-15)29(26,27)24-12-10-23(11-13-24)18(25)14-28-16-4-2-1-3-5-16/h1-9H,10-14H2. The van der Waals surface area contributed by atoms with Gasteiger partial charge in [0.25, 0.3) is 5.91 Å². The highest BCUT2D eigenvalue weighted by atomic mass is 32.2. The SMILES string of the molecule is O=C(COc1ccccc1)N1CCN(S(=O)(=O)c2ccc(C(F)(F)F)cc2)CC1. The summed E-state index contributed by atoms with van der Waals surface area (Å²) in [5.74, 6) is 0.296. The van der Waals surface area contributed by atoms with Crippen molar-refractivity contribution in [1.82, 2.24) is 9.21 Å². The molecule has 2 aromatic rings. The van der Waals surface area contributed by atoms with E-state index in [1.165, 1.54) is 4.90 Å². The van der Waals surface area contributed by atoms with Crippen molar-refractivity contribution in [3.63, 3.8) is 0 Å². The first-order valence-corrected chi connectivity index (χ1v) is 10.2. The number of hydrogen-bond donors (Lipinski definition) is 0. The van der Waals surface area contributed by atoms with Crippen LogP contribution in [0.1, 0.15) is 5.56 Å². The van der Waals surface area contributed by atoms with E-state index in [0.717, 1.165) is 28.6 Å². The van der Waals surface area contributed by atoms with E-state index in [1.807, 2.05) is 6.07 Å². The topological polar surface area (TPSA) is 66.9 Å². The molecular weight excluding hydrogens is 409 g/mol. The molecule has 0 N–H and O–H groups in total. The van der Waals surface area contributed by atoms with Gasteiger partial charge in [-0.2, -0.15) is 17.5 Å². The van der Waals surface area contributed by atoms with E-state index in [9.17, 15) is 26.4 Å². The second kappa shape index (κ2) is 8.42. The smallest absolute Gasteiger partial charge is 0.416 e. The van der Waals surface area contributed by atoms with Crippen LogP contribution in [0.5, 0.6) is 5.75 Å². The average Bonchev–Trinajstić information content (AvgIpc) is 2.72. The predicted molar refractivity (Wildman–Crippen MR) is 98.7 cm³/mol. The molecule has 1 fully saturated rings. The molecule has 6 nitrogen and oxygen atoms in total. The maximum atomic E-state index is 12.7. The fraction of sp³-hybridized carbons (Fsp3) is 0.316. The zero-order chi connectivity index (χ0) is 21.1. The number of nitrogens with zero attached hydrogens (tertiary/aromatic N) is 2. The fourth-order valence-corrected chi connectivity index (χ4v) is 4.32. The Morgan fingerprint density at radius 3 is 2.07 bits per heavy atom. The second-order valence-corrected chi connectivity index (χ2v) is 8.35. The number of alkyl halides is 3. The third kappa shape index (κ3) is 5.07. The Balaban J connectivity index is 1.57. The van der Waals surface area contributed by atoms with Gasteiger partial charge < -0.3 is 9.64 Å². The summed E-state index contributed by atoms with van der Waals surface area (Å²) in [5.41, 5.74) is -0.912. The van der Waals surface area contributed by atoms with Crippen molar-refractivity contribution in [2.75, 3.05) is 32.8 Å². The van der Waals surface area contributed by atoms with Crippen molar-refractivity contribution in [2.24, 2.45) is 0 Å². The minimum absolute atomic E-state index is 0.0560. The molecule has 0 atom stereocenters. The number of halogens is 3. The molecule has 1 saturated heterocycles. The van der Waals surface area contributed by atoms with Crippen molar-refractivity contribution in [1.29, 1.82) is 0 Å². The number of para-hydroxylation sites is 1. The van der Waals surface area contributed by atoms with Crippen molar-refractivity contribution < 1.29 is 31.1 Å². The van der Waals surface area contributed by atoms with Crippen molar-refractivity contribution in [3.8, 4) is 5.75 Å². The molecule has 1 aliphatic heterocycles. The molecule has 29 heavy (non-hydrogen) atoms. The van der Waals surface area contributed by atoms with Crippen molar-refractivity contribution in [2.45, 2.75) is 11.1 Å². The normalized spacial score (nSPS) is 15.9. The molecule has 0 unspecified atom stereocenters. The third-order valence-electron chi connectivity index (χ3n) is 4.52. The van der Waals surface area contributed by atoms with Gasteiger partial charge in [0, 0.05) is 26.2 Å². The lowest BCUT2D eigenvalue weighted by Crippen LogP contribution is -2.51. The molecule has 156 valence electrons. The Morgan fingerprint density at radius 2 is 1.52 bits per heavy atom. The van der Waals surface area contributed by atoms with Gasteiger partial charge in [0.15, 0.2) is 6.61 Å². The molecule has 1 heterocycles. The lowest BCUT2D eigenvalue weighted by molar-refractivity contribution is -0.137. The van der Waals surface area contributed by atoms with Gasteiger partial charge in [-0.1, -0.05) is 18.2 Å². The quantitative estimate of drug-likeness (QED) is 0.735. The molecule has 0 spiro atoms. The van der Waals surface area contributed by atoms with Crippen molar-refractivity contribution in [3.05, 3.63) is 60.2 Å². The molecule has 2 aromatic carbocycles. The van der Waals surface area contributed by atoms with Crippen LogP contribution in [0.4, 0.5) is 13.2 Å². The average molecular weight is 428 g/mol. The van der Waals surface area contributed by atoms with Gasteiger partial charge in [-0.25, -0.2) is 8.42 Å².